The van der Waals surface area contributed by atoms with E-state index in [1.807, 2.05) is 0 Å². The van der Waals surface area contributed by atoms with E-state index in [0.29, 0.717) is 12.1 Å². The average molecular weight is 323 g/mol. The monoisotopic (exact) mass is 322 g/mol. The van der Waals surface area contributed by atoms with Crippen molar-refractivity contribution in [3.8, 4) is 0 Å². The van der Waals surface area contributed by atoms with Crippen LogP contribution in [-0.2, 0) is 0 Å². The van der Waals surface area contributed by atoms with Crippen molar-refractivity contribution in [2.75, 3.05) is 13.1 Å². The van der Waals surface area contributed by atoms with E-state index in [1.165, 1.54) is 48.8 Å². The van der Waals surface area contributed by atoms with Gasteiger partial charge in [-0.3, -0.25) is 0 Å². The number of nitrogens with one attached hydrogen (secondary N) is 1. The number of nitrogens with zero attached hydrogens (tertiary/aromatic N) is 1. The van der Waals surface area contributed by atoms with Crippen molar-refractivity contribution in [1.29, 1.82) is 0 Å². The van der Waals surface area contributed by atoms with Crippen LogP contribution in [0.25, 0.3) is 0 Å². The van der Waals surface area contributed by atoms with Gasteiger partial charge in [0, 0.05) is 22.6 Å². The first-order valence-electron chi connectivity index (χ1n) is 7.48. The highest BCUT2D eigenvalue weighted by Gasteiger charge is 2.32. The quantitative estimate of drug-likeness (QED) is 0.912. The molecular weight excluding hydrogens is 300 g/mol. The van der Waals surface area contributed by atoms with Crippen LogP contribution < -0.4 is 5.32 Å². The van der Waals surface area contributed by atoms with Crippen LogP contribution in [0, 0.1) is 0 Å². The Morgan fingerprint density at radius 3 is 2.95 bits per heavy atom. The molecule has 2 unspecified atom stereocenters. The van der Waals surface area contributed by atoms with Crippen LogP contribution in [-0.4, -0.2) is 30.1 Å². The fourth-order valence-corrected chi connectivity index (χ4v) is 4.27. The molecule has 0 aromatic heterocycles. The third kappa shape index (κ3) is 3.04. The Bertz CT molecular complexity index is 435. The maximum atomic E-state index is 3.83. The van der Waals surface area contributed by atoms with Crippen LogP contribution in [0.3, 0.4) is 0 Å². The number of hydrogen-bond donors (Lipinski definition) is 1. The first-order chi connectivity index (χ1) is 9.24. The van der Waals surface area contributed by atoms with E-state index in [-0.39, 0.29) is 0 Å². The van der Waals surface area contributed by atoms with Crippen LogP contribution in [0.2, 0.25) is 0 Å². The molecule has 3 heteroatoms. The molecule has 0 amide bonds. The van der Waals surface area contributed by atoms with Crippen molar-refractivity contribution in [3.05, 3.63) is 34.3 Å². The van der Waals surface area contributed by atoms with Gasteiger partial charge < -0.3 is 10.2 Å². The molecule has 3 atom stereocenters. The second-order valence-electron chi connectivity index (χ2n) is 5.96. The van der Waals surface area contributed by atoms with Crippen molar-refractivity contribution >= 4 is 15.9 Å². The SMILES string of the molecule is C[C@@H](NC1CCN2CCCC2C1)c1ccccc1Br. The molecule has 104 valence electrons. The number of benzene rings is 1. The van der Waals surface area contributed by atoms with Gasteiger partial charge in [0.25, 0.3) is 0 Å². The van der Waals surface area contributed by atoms with Crippen LogP contribution in [0.4, 0.5) is 0 Å². The Morgan fingerprint density at radius 2 is 2.11 bits per heavy atom. The first kappa shape index (κ1) is 13.6. The molecule has 0 spiro atoms. The Morgan fingerprint density at radius 1 is 1.26 bits per heavy atom. The van der Waals surface area contributed by atoms with Gasteiger partial charge >= 0.3 is 0 Å². The predicted molar refractivity (Wildman–Crippen MR) is 83.3 cm³/mol. The van der Waals surface area contributed by atoms with E-state index >= 15 is 0 Å². The summed E-state index contributed by atoms with van der Waals surface area (Å²) in [6.07, 6.45) is 5.43. The first-order valence-corrected chi connectivity index (χ1v) is 8.28. The van der Waals surface area contributed by atoms with Crippen molar-refractivity contribution in [3.63, 3.8) is 0 Å². The van der Waals surface area contributed by atoms with E-state index in [9.17, 15) is 0 Å². The number of halogens is 1. The van der Waals surface area contributed by atoms with Crippen LogP contribution in [0.5, 0.6) is 0 Å². The lowest BCUT2D eigenvalue weighted by Gasteiger charge is -2.36. The summed E-state index contributed by atoms with van der Waals surface area (Å²) in [5.74, 6) is 0. The predicted octanol–water partition coefficient (Wildman–Crippen LogP) is 3.73. The minimum atomic E-state index is 0.425. The molecular formula is C16H23BrN2. The normalized spacial score (nSPS) is 29.2. The summed E-state index contributed by atoms with van der Waals surface area (Å²) in [6, 6.07) is 10.5. The number of fused-ring (bicyclic) bond motifs is 1. The fourth-order valence-electron chi connectivity index (χ4n) is 3.65. The molecule has 2 fully saturated rings. The zero-order chi connectivity index (χ0) is 13.2. The number of rotatable bonds is 3. The maximum Gasteiger partial charge on any atom is 0.0305 e. The van der Waals surface area contributed by atoms with Gasteiger partial charge in [-0.25, -0.2) is 0 Å². The van der Waals surface area contributed by atoms with Gasteiger partial charge in [0.05, 0.1) is 0 Å². The smallest absolute Gasteiger partial charge is 0.0305 e. The van der Waals surface area contributed by atoms with Gasteiger partial charge in [-0.2, -0.15) is 0 Å². The van der Waals surface area contributed by atoms with Crippen LogP contribution >= 0.6 is 15.9 Å². The Hall–Kier alpha value is -0.380. The van der Waals surface area contributed by atoms with Crippen molar-refractivity contribution in [2.24, 2.45) is 0 Å². The number of hydrogen-bond acceptors (Lipinski definition) is 2. The Labute approximate surface area is 124 Å². The lowest BCUT2D eigenvalue weighted by atomic mass is 9.96. The lowest BCUT2D eigenvalue weighted by Crippen LogP contribution is -2.46. The van der Waals surface area contributed by atoms with Crippen molar-refractivity contribution in [2.45, 2.75) is 50.7 Å². The molecule has 0 radical (unpaired) electrons. The molecule has 2 nitrogen and oxygen atoms in total. The molecule has 0 saturated carbocycles. The summed E-state index contributed by atoms with van der Waals surface area (Å²) in [5.41, 5.74) is 1.37. The molecule has 2 heterocycles. The second kappa shape index (κ2) is 5.94. The second-order valence-corrected chi connectivity index (χ2v) is 6.82. The highest BCUT2D eigenvalue weighted by atomic mass is 79.9. The molecule has 0 aliphatic carbocycles. The van der Waals surface area contributed by atoms with Gasteiger partial charge in [-0.05, 0) is 57.3 Å². The van der Waals surface area contributed by atoms with Crippen LogP contribution in [0.1, 0.15) is 44.2 Å². The maximum absolute atomic E-state index is 3.83. The summed E-state index contributed by atoms with van der Waals surface area (Å²) in [4.78, 5) is 2.68. The highest BCUT2D eigenvalue weighted by Crippen LogP contribution is 2.29. The molecule has 3 rings (SSSR count). The molecule has 2 saturated heterocycles. The minimum Gasteiger partial charge on any atom is -0.307 e. The van der Waals surface area contributed by atoms with Crippen molar-refractivity contribution in [1.82, 2.24) is 10.2 Å². The molecule has 19 heavy (non-hydrogen) atoms. The molecule has 1 aromatic rings. The van der Waals surface area contributed by atoms with E-state index in [4.69, 9.17) is 0 Å². The highest BCUT2D eigenvalue weighted by molar-refractivity contribution is 9.10. The summed E-state index contributed by atoms with van der Waals surface area (Å²) in [7, 11) is 0. The standard InChI is InChI=1S/C16H23BrN2/c1-12(15-6-2-3-7-16(15)17)18-13-8-10-19-9-4-5-14(19)11-13/h2-3,6-7,12-14,18H,4-5,8-11H2,1H3/t12-,13?,14?/m1/s1. The van der Waals surface area contributed by atoms with E-state index < -0.39 is 0 Å². The third-order valence-electron chi connectivity index (χ3n) is 4.68. The zero-order valence-electron chi connectivity index (χ0n) is 11.6. The molecule has 0 bridgehead atoms. The minimum absolute atomic E-state index is 0.425. The van der Waals surface area contributed by atoms with Crippen molar-refractivity contribution < 1.29 is 0 Å². The third-order valence-corrected chi connectivity index (χ3v) is 5.40. The fraction of sp³-hybridized carbons (Fsp3) is 0.625. The molecule has 2 aliphatic rings. The molecule has 2 aliphatic heterocycles. The summed E-state index contributed by atoms with van der Waals surface area (Å²) in [5, 5.41) is 3.83. The van der Waals surface area contributed by atoms with E-state index in [0.717, 1.165) is 6.04 Å². The molecule has 1 aromatic carbocycles. The van der Waals surface area contributed by atoms with Gasteiger partial charge in [-0.15, -0.1) is 0 Å². The van der Waals surface area contributed by atoms with Gasteiger partial charge in [-0.1, -0.05) is 34.1 Å². The van der Waals surface area contributed by atoms with Crippen LogP contribution in [0.15, 0.2) is 28.7 Å². The van der Waals surface area contributed by atoms with E-state index in [1.54, 1.807) is 0 Å². The largest absolute Gasteiger partial charge is 0.307 e. The topological polar surface area (TPSA) is 15.3 Å². The van der Waals surface area contributed by atoms with Gasteiger partial charge in [0.15, 0.2) is 0 Å². The Kier molecular flexibility index (Phi) is 4.25. The average Bonchev–Trinajstić information content (AvgIpc) is 2.86. The zero-order valence-corrected chi connectivity index (χ0v) is 13.2. The number of piperidine rings is 1. The van der Waals surface area contributed by atoms with E-state index in [2.05, 4.69) is 57.3 Å². The lowest BCUT2D eigenvalue weighted by molar-refractivity contribution is 0.162. The summed E-state index contributed by atoms with van der Waals surface area (Å²) < 4.78 is 1.22. The summed E-state index contributed by atoms with van der Waals surface area (Å²) >= 11 is 3.66. The van der Waals surface area contributed by atoms with Gasteiger partial charge in [0.1, 0.15) is 0 Å². The summed E-state index contributed by atoms with van der Waals surface area (Å²) in [6.45, 7) is 4.89. The van der Waals surface area contributed by atoms with Gasteiger partial charge in [0.2, 0.25) is 0 Å². The Balaban J connectivity index is 1.61. The molecule has 1 N–H and O–H groups in total.